The van der Waals surface area contributed by atoms with E-state index in [0.717, 1.165) is 4.47 Å². The number of anilines is 1. The molecule has 18 heavy (non-hydrogen) atoms. The molecule has 0 aliphatic heterocycles. The number of benzene rings is 1. The molecule has 0 fully saturated rings. The van der Waals surface area contributed by atoms with Gasteiger partial charge in [0.05, 0.1) is 10.7 Å². The summed E-state index contributed by atoms with van der Waals surface area (Å²) in [4.78, 5) is 11.7. The Morgan fingerprint density at radius 1 is 1.39 bits per heavy atom. The van der Waals surface area contributed by atoms with E-state index in [1.54, 1.807) is 12.1 Å². The average Bonchev–Trinajstić information content (AvgIpc) is 2.21. The van der Waals surface area contributed by atoms with Crippen LogP contribution in [0.2, 0.25) is 5.02 Å². The number of carbonyl (C=O) groups is 1. The van der Waals surface area contributed by atoms with E-state index >= 15 is 0 Å². The Labute approximate surface area is 121 Å². The summed E-state index contributed by atoms with van der Waals surface area (Å²) >= 11 is 9.34. The maximum atomic E-state index is 11.7. The molecule has 0 saturated heterocycles. The SMILES string of the molecule is CC(C)(C)NCCC(=O)Nc1cc(Br)ccc1Cl. The molecule has 0 spiro atoms. The fourth-order valence-electron chi connectivity index (χ4n) is 1.36. The highest BCUT2D eigenvalue weighted by Gasteiger charge is 2.10. The van der Waals surface area contributed by atoms with Crippen LogP contribution in [0, 0.1) is 0 Å². The third kappa shape index (κ3) is 5.85. The molecule has 2 N–H and O–H groups in total. The minimum absolute atomic E-state index is 0.0215. The van der Waals surface area contributed by atoms with Crippen molar-refractivity contribution in [3.8, 4) is 0 Å². The van der Waals surface area contributed by atoms with Crippen LogP contribution in [0.1, 0.15) is 27.2 Å². The van der Waals surface area contributed by atoms with Crippen LogP contribution >= 0.6 is 27.5 Å². The first-order chi connectivity index (χ1) is 8.28. The third-order valence-corrected chi connectivity index (χ3v) is 3.03. The summed E-state index contributed by atoms with van der Waals surface area (Å²) < 4.78 is 0.884. The summed E-state index contributed by atoms with van der Waals surface area (Å²) in [6.07, 6.45) is 0.417. The van der Waals surface area contributed by atoms with Gasteiger partial charge in [0.15, 0.2) is 0 Å². The second kappa shape index (κ2) is 6.55. The van der Waals surface area contributed by atoms with Crippen LogP contribution < -0.4 is 10.6 Å². The van der Waals surface area contributed by atoms with Crippen molar-refractivity contribution in [1.82, 2.24) is 5.32 Å². The Morgan fingerprint density at radius 2 is 2.06 bits per heavy atom. The summed E-state index contributed by atoms with van der Waals surface area (Å²) in [5.74, 6) is -0.0493. The first-order valence-electron chi connectivity index (χ1n) is 5.78. The van der Waals surface area contributed by atoms with Crippen LogP contribution in [0.25, 0.3) is 0 Å². The number of amides is 1. The van der Waals surface area contributed by atoms with E-state index in [4.69, 9.17) is 11.6 Å². The zero-order valence-corrected chi connectivity index (χ0v) is 13.2. The van der Waals surface area contributed by atoms with Crippen LogP contribution in [-0.4, -0.2) is 18.0 Å². The first kappa shape index (κ1) is 15.5. The second-order valence-electron chi connectivity index (χ2n) is 5.10. The summed E-state index contributed by atoms with van der Waals surface area (Å²) in [5, 5.41) is 6.60. The quantitative estimate of drug-likeness (QED) is 0.879. The lowest BCUT2D eigenvalue weighted by atomic mass is 10.1. The molecule has 100 valence electrons. The van der Waals surface area contributed by atoms with Crippen LogP contribution in [0.4, 0.5) is 5.69 Å². The Morgan fingerprint density at radius 3 is 2.67 bits per heavy atom. The Bertz CT molecular complexity index is 429. The lowest BCUT2D eigenvalue weighted by Crippen LogP contribution is -2.37. The normalized spacial score (nSPS) is 11.4. The van der Waals surface area contributed by atoms with Gasteiger partial charge in [0, 0.05) is 23.0 Å². The Hall–Kier alpha value is -0.580. The zero-order valence-electron chi connectivity index (χ0n) is 10.8. The number of nitrogens with one attached hydrogen (secondary N) is 2. The van der Waals surface area contributed by atoms with Gasteiger partial charge in [0.25, 0.3) is 0 Å². The highest BCUT2D eigenvalue weighted by atomic mass is 79.9. The molecule has 0 aliphatic rings. The van der Waals surface area contributed by atoms with E-state index in [-0.39, 0.29) is 11.4 Å². The first-order valence-corrected chi connectivity index (χ1v) is 6.95. The average molecular weight is 334 g/mol. The highest BCUT2D eigenvalue weighted by Crippen LogP contribution is 2.25. The van der Waals surface area contributed by atoms with Gasteiger partial charge in [-0.1, -0.05) is 27.5 Å². The number of hydrogen-bond donors (Lipinski definition) is 2. The molecule has 3 nitrogen and oxygen atoms in total. The largest absolute Gasteiger partial charge is 0.325 e. The molecule has 1 aromatic carbocycles. The third-order valence-electron chi connectivity index (χ3n) is 2.21. The topological polar surface area (TPSA) is 41.1 Å². The molecule has 0 heterocycles. The molecule has 0 aromatic heterocycles. The van der Waals surface area contributed by atoms with Gasteiger partial charge in [-0.2, -0.15) is 0 Å². The van der Waals surface area contributed by atoms with Gasteiger partial charge in [-0.25, -0.2) is 0 Å². The molecule has 1 amide bonds. The molecule has 1 rings (SSSR count). The fraction of sp³-hybridized carbons (Fsp3) is 0.462. The van der Waals surface area contributed by atoms with Gasteiger partial charge in [-0.3, -0.25) is 4.79 Å². The smallest absolute Gasteiger partial charge is 0.225 e. The van der Waals surface area contributed by atoms with Crippen LogP contribution in [-0.2, 0) is 4.79 Å². The second-order valence-corrected chi connectivity index (χ2v) is 6.42. The lowest BCUT2D eigenvalue weighted by molar-refractivity contribution is -0.116. The van der Waals surface area contributed by atoms with Gasteiger partial charge in [-0.05, 0) is 39.0 Å². The van der Waals surface area contributed by atoms with E-state index in [1.165, 1.54) is 0 Å². The maximum Gasteiger partial charge on any atom is 0.225 e. The van der Waals surface area contributed by atoms with Crippen molar-refractivity contribution in [3.63, 3.8) is 0 Å². The molecule has 0 aliphatic carbocycles. The molecule has 0 radical (unpaired) electrons. The van der Waals surface area contributed by atoms with Crippen molar-refractivity contribution in [1.29, 1.82) is 0 Å². The van der Waals surface area contributed by atoms with E-state index < -0.39 is 0 Å². The van der Waals surface area contributed by atoms with Crippen molar-refractivity contribution in [3.05, 3.63) is 27.7 Å². The molecule has 0 bridgehead atoms. The molecule has 0 atom stereocenters. The number of halogens is 2. The molecule has 0 saturated carbocycles. The standard InChI is InChI=1S/C13H18BrClN2O/c1-13(2,3)16-7-6-12(18)17-11-8-9(14)4-5-10(11)15/h4-5,8,16H,6-7H2,1-3H3,(H,17,18). The predicted octanol–water partition coefficient (Wildman–Crippen LogP) is 3.82. The number of hydrogen-bond acceptors (Lipinski definition) is 2. The van der Waals surface area contributed by atoms with Crippen molar-refractivity contribution < 1.29 is 4.79 Å². The number of carbonyl (C=O) groups excluding carboxylic acids is 1. The Balaban J connectivity index is 2.47. The molecular weight excluding hydrogens is 316 g/mol. The van der Waals surface area contributed by atoms with E-state index in [1.807, 2.05) is 6.07 Å². The zero-order chi connectivity index (χ0) is 13.8. The lowest BCUT2D eigenvalue weighted by Gasteiger charge is -2.20. The summed E-state index contributed by atoms with van der Waals surface area (Å²) in [6.45, 7) is 6.84. The van der Waals surface area contributed by atoms with E-state index in [0.29, 0.717) is 23.7 Å². The molecule has 0 unspecified atom stereocenters. The minimum atomic E-state index is -0.0493. The van der Waals surface area contributed by atoms with Gasteiger partial charge in [0.2, 0.25) is 5.91 Å². The van der Waals surface area contributed by atoms with Crippen LogP contribution in [0.15, 0.2) is 22.7 Å². The fourth-order valence-corrected chi connectivity index (χ4v) is 1.88. The molecule has 1 aromatic rings. The van der Waals surface area contributed by atoms with Crippen molar-refractivity contribution >= 4 is 39.1 Å². The van der Waals surface area contributed by atoms with Gasteiger partial charge < -0.3 is 10.6 Å². The number of rotatable bonds is 4. The van der Waals surface area contributed by atoms with Gasteiger partial charge in [0.1, 0.15) is 0 Å². The van der Waals surface area contributed by atoms with E-state index in [2.05, 4.69) is 47.3 Å². The van der Waals surface area contributed by atoms with Gasteiger partial charge >= 0.3 is 0 Å². The van der Waals surface area contributed by atoms with Gasteiger partial charge in [-0.15, -0.1) is 0 Å². The molecule has 5 heteroatoms. The maximum absolute atomic E-state index is 11.7. The monoisotopic (exact) mass is 332 g/mol. The summed E-state index contributed by atoms with van der Waals surface area (Å²) in [5.41, 5.74) is 0.653. The van der Waals surface area contributed by atoms with Crippen LogP contribution in [0.3, 0.4) is 0 Å². The van der Waals surface area contributed by atoms with Crippen molar-refractivity contribution in [2.24, 2.45) is 0 Å². The highest BCUT2D eigenvalue weighted by molar-refractivity contribution is 9.10. The van der Waals surface area contributed by atoms with E-state index in [9.17, 15) is 4.79 Å². The summed E-state index contributed by atoms with van der Waals surface area (Å²) in [6, 6.07) is 5.37. The summed E-state index contributed by atoms with van der Waals surface area (Å²) in [7, 11) is 0. The molecular formula is C13H18BrClN2O. The Kier molecular flexibility index (Phi) is 5.63. The van der Waals surface area contributed by atoms with Crippen molar-refractivity contribution in [2.75, 3.05) is 11.9 Å². The van der Waals surface area contributed by atoms with Crippen LogP contribution in [0.5, 0.6) is 0 Å². The minimum Gasteiger partial charge on any atom is -0.325 e. The van der Waals surface area contributed by atoms with Crippen molar-refractivity contribution in [2.45, 2.75) is 32.7 Å². The predicted molar refractivity (Wildman–Crippen MR) is 80.2 cm³/mol.